The number of benzene rings is 2. The van der Waals surface area contributed by atoms with E-state index >= 15 is 0 Å². The van der Waals surface area contributed by atoms with Crippen molar-refractivity contribution < 1.29 is 19.1 Å². The number of carbonyl (C=O) groups excluding carboxylic acids is 2. The molecule has 0 radical (unpaired) electrons. The summed E-state index contributed by atoms with van der Waals surface area (Å²) in [4.78, 5) is 35.5. The zero-order chi connectivity index (χ0) is 31.6. The van der Waals surface area contributed by atoms with E-state index in [2.05, 4.69) is 44.9 Å². The van der Waals surface area contributed by atoms with Crippen LogP contribution in [0.2, 0.25) is 0 Å². The van der Waals surface area contributed by atoms with Crippen LogP contribution in [0.25, 0.3) is 22.2 Å². The lowest BCUT2D eigenvalue weighted by Gasteiger charge is -2.27. The summed E-state index contributed by atoms with van der Waals surface area (Å²) in [5.74, 6) is 1.87. The maximum atomic E-state index is 13.0. The van der Waals surface area contributed by atoms with Crippen LogP contribution < -0.4 is 10.1 Å². The molecule has 1 unspecified atom stereocenters. The number of nitrogens with one attached hydrogen (secondary N) is 2. The number of methoxy groups -OCH3 is 1. The third-order valence-corrected chi connectivity index (χ3v) is 9.00. The van der Waals surface area contributed by atoms with Crippen LogP contribution in [0, 0.1) is 6.92 Å². The number of morpholine rings is 1. The molecule has 0 aliphatic carbocycles. The van der Waals surface area contributed by atoms with Crippen LogP contribution in [0.15, 0.2) is 54.7 Å². The molecular formula is C36H47N5O4. The number of ketones is 1. The van der Waals surface area contributed by atoms with Gasteiger partial charge in [-0.15, -0.1) is 0 Å². The van der Waals surface area contributed by atoms with E-state index in [1.54, 1.807) is 7.11 Å². The Labute approximate surface area is 266 Å². The van der Waals surface area contributed by atoms with E-state index in [1.165, 1.54) is 0 Å². The summed E-state index contributed by atoms with van der Waals surface area (Å²) >= 11 is 0. The number of ether oxygens (including phenoxy) is 2. The van der Waals surface area contributed by atoms with Crippen LogP contribution in [0.3, 0.4) is 0 Å². The monoisotopic (exact) mass is 613 g/mol. The van der Waals surface area contributed by atoms with E-state index in [4.69, 9.17) is 14.5 Å². The number of carbonyl (C=O) groups is 2. The van der Waals surface area contributed by atoms with Crippen LogP contribution in [-0.4, -0.2) is 71.5 Å². The highest BCUT2D eigenvalue weighted by molar-refractivity contribution is 5.90. The van der Waals surface area contributed by atoms with Crippen molar-refractivity contribution in [2.45, 2.75) is 71.0 Å². The van der Waals surface area contributed by atoms with Gasteiger partial charge in [0, 0.05) is 61.2 Å². The lowest BCUT2D eigenvalue weighted by Crippen LogP contribution is -2.38. The number of aromatic amines is 1. The first kappa shape index (κ1) is 32.6. The molecule has 2 atom stereocenters. The van der Waals surface area contributed by atoms with Gasteiger partial charge in [0.25, 0.3) is 0 Å². The topological polar surface area (TPSA) is 101 Å². The maximum Gasteiger partial charge on any atom is 0.141 e. The van der Waals surface area contributed by atoms with Gasteiger partial charge in [-0.1, -0.05) is 50.1 Å². The maximum absolute atomic E-state index is 13.0. The van der Waals surface area contributed by atoms with Gasteiger partial charge >= 0.3 is 0 Å². The number of fused-ring (bicyclic) bond motifs is 1. The lowest BCUT2D eigenvalue weighted by atomic mass is 10.00. The number of aldehydes is 1. The number of rotatable bonds is 17. The number of imidazole rings is 1. The Kier molecular flexibility index (Phi) is 11.6. The van der Waals surface area contributed by atoms with Crippen LogP contribution in [0.1, 0.15) is 74.6 Å². The first-order valence-corrected chi connectivity index (χ1v) is 16.3. The van der Waals surface area contributed by atoms with Crippen molar-refractivity contribution in [1.29, 1.82) is 0 Å². The van der Waals surface area contributed by atoms with Crippen molar-refractivity contribution >= 4 is 23.0 Å². The molecule has 240 valence electrons. The Hall–Kier alpha value is -3.79. The normalized spacial score (nSPS) is 15.3. The molecule has 1 fully saturated rings. The highest BCUT2D eigenvalue weighted by atomic mass is 16.5. The van der Waals surface area contributed by atoms with Gasteiger partial charge in [-0.05, 0) is 43.5 Å². The van der Waals surface area contributed by atoms with Crippen molar-refractivity contribution in [2.75, 3.05) is 40.0 Å². The third kappa shape index (κ3) is 8.09. The van der Waals surface area contributed by atoms with E-state index in [0.29, 0.717) is 18.6 Å². The molecule has 3 heterocycles. The molecule has 9 heteroatoms. The molecular weight excluding hydrogens is 566 g/mol. The highest BCUT2D eigenvalue weighted by Gasteiger charge is 2.27. The van der Waals surface area contributed by atoms with Crippen molar-refractivity contribution in [3.63, 3.8) is 0 Å². The first-order valence-electron chi connectivity index (χ1n) is 16.3. The fraction of sp³-hybridized carbons (Fsp3) is 0.472. The predicted molar refractivity (Wildman–Crippen MR) is 178 cm³/mol. The van der Waals surface area contributed by atoms with Crippen molar-refractivity contribution in [3.05, 3.63) is 71.8 Å². The Morgan fingerprint density at radius 1 is 1.11 bits per heavy atom. The van der Waals surface area contributed by atoms with Gasteiger partial charge in [-0.3, -0.25) is 15.0 Å². The van der Waals surface area contributed by atoms with Crippen LogP contribution in [-0.2, 0) is 20.9 Å². The Balaban J connectivity index is 1.43. The predicted octanol–water partition coefficient (Wildman–Crippen LogP) is 6.18. The van der Waals surface area contributed by atoms with Crippen LogP contribution in [0.5, 0.6) is 5.75 Å². The minimum Gasteiger partial charge on any atom is -0.497 e. The van der Waals surface area contributed by atoms with Gasteiger partial charge < -0.3 is 23.8 Å². The van der Waals surface area contributed by atoms with Crippen LogP contribution >= 0.6 is 0 Å². The minimum absolute atomic E-state index is 0.184. The summed E-state index contributed by atoms with van der Waals surface area (Å²) in [5.41, 5.74) is 5.12. The fourth-order valence-corrected chi connectivity index (χ4v) is 6.37. The molecule has 1 saturated heterocycles. The number of unbranched alkanes of at least 4 members (excludes halogenated alkanes) is 2. The van der Waals surface area contributed by atoms with E-state index in [9.17, 15) is 9.59 Å². The van der Waals surface area contributed by atoms with Gasteiger partial charge in [0.2, 0.25) is 0 Å². The molecule has 0 saturated carbocycles. The van der Waals surface area contributed by atoms with Crippen molar-refractivity contribution in [2.24, 2.45) is 0 Å². The smallest absolute Gasteiger partial charge is 0.141 e. The molecule has 2 aromatic carbocycles. The molecule has 4 aromatic rings. The zero-order valence-corrected chi connectivity index (χ0v) is 26.9. The molecule has 1 aliphatic heterocycles. The van der Waals surface area contributed by atoms with Crippen molar-refractivity contribution in [3.8, 4) is 17.0 Å². The molecule has 9 nitrogen and oxygen atoms in total. The van der Waals surface area contributed by atoms with Gasteiger partial charge in [0.1, 0.15) is 23.6 Å². The average Bonchev–Trinajstić information content (AvgIpc) is 3.68. The molecule has 45 heavy (non-hydrogen) atoms. The lowest BCUT2D eigenvalue weighted by molar-refractivity contribution is -0.118. The molecule has 5 rings (SSSR count). The number of Topliss-reactive ketones (excluding diaryl/α,β-unsaturated/α-hetero) is 1. The average molecular weight is 614 g/mol. The van der Waals surface area contributed by atoms with Crippen molar-refractivity contribution in [1.82, 2.24) is 24.8 Å². The van der Waals surface area contributed by atoms with Gasteiger partial charge in [-0.2, -0.15) is 0 Å². The molecule has 0 amide bonds. The van der Waals surface area contributed by atoms with E-state index < -0.39 is 6.04 Å². The van der Waals surface area contributed by atoms with Crippen LogP contribution in [0.4, 0.5) is 0 Å². The molecule has 1 aliphatic rings. The Morgan fingerprint density at radius 2 is 1.91 bits per heavy atom. The standard InChI is InChI=1S/C36H47N5O4/c1-4-28(43)13-9-6-10-14-31(36-37-24-32(39-36)27-11-7-5-8-12-27)38-33(25-42)35-26(2)41(18-17-40-19-21-45-22-20-40)34-16-15-29(44-3)23-30(34)35/h5,7-8,11-12,15-16,23-25,31,33,38H,4,6,9-10,13-14,17-22H2,1-3H3,(H,37,39)/t31-,33?/m0/s1. The summed E-state index contributed by atoms with van der Waals surface area (Å²) in [5, 5.41) is 4.71. The summed E-state index contributed by atoms with van der Waals surface area (Å²) in [6.07, 6.45) is 7.60. The highest BCUT2D eigenvalue weighted by Crippen LogP contribution is 2.35. The zero-order valence-electron chi connectivity index (χ0n) is 26.9. The van der Waals surface area contributed by atoms with Gasteiger partial charge in [0.05, 0.1) is 44.3 Å². The quantitative estimate of drug-likeness (QED) is 0.108. The summed E-state index contributed by atoms with van der Waals surface area (Å²) in [6.45, 7) is 9.15. The molecule has 0 spiro atoms. The second-order valence-corrected chi connectivity index (χ2v) is 11.9. The van der Waals surface area contributed by atoms with E-state index in [1.807, 2.05) is 43.5 Å². The molecule has 0 bridgehead atoms. The Bertz CT molecular complexity index is 1540. The largest absolute Gasteiger partial charge is 0.497 e. The SMILES string of the molecule is CCC(=O)CCCCC[C@H](NC(C=O)c1c(C)n(CCN2CCOCC2)c2ccc(OC)cc12)c1ncc(-c2ccccc2)[nH]1. The molecule has 2 N–H and O–H groups in total. The first-order chi connectivity index (χ1) is 22.0. The summed E-state index contributed by atoms with van der Waals surface area (Å²) in [6, 6.07) is 15.5. The number of hydrogen-bond donors (Lipinski definition) is 2. The van der Waals surface area contributed by atoms with Gasteiger partial charge in [0.15, 0.2) is 0 Å². The number of H-pyrrole nitrogens is 1. The Morgan fingerprint density at radius 3 is 2.64 bits per heavy atom. The van der Waals surface area contributed by atoms with Gasteiger partial charge in [-0.25, -0.2) is 4.98 Å². The second-order valence-electron chi connectivity index (χ2n) is 11.9. The molecule has 2 aromatic heterocycles. The second kappa shape index (κ2) is 16.0. The summed E-state index contributed by atoms with van der Waals surface area (Å²) < 4.78 is 13.5. The number of nitrogens with zero attached hydrogens (tertiary/aromatic N) is 3. The third-order valence-electron chi connectivity index (χ3n) is 9.00. The number of aromatic nitrogens is 3. The minimum atomic E-state index is -0.554. The van der Waals surface area contributed by atoms with E-state index in [-0.39, 0.29) is 6.04 Å². The van der Waals surface area contributed by atoms with E-state index in [0.717, 1.165) is 116 Å². The number of hydrogen-bond acceptors (Lipinski definition) is 7. The fourth-order valence-electron chi connectivity index (χ4n) is 6.37. The summed E-state index contributed by atoms with van der Waals surface area (Å²) in [7, 11) is 1.67.